The number of hydrogen-bond donors (Lipinski definition) is 1. The van der Waals surface area contributed by atoms with Gasteiger partial charge in [0.25, 0.3) is 5.91 Å². The summed E-state index contributed by atoms with van der Waals surface area (Å²) in [5, 5.41) is 3.76. The van der Waals surface area contributed by atoms with Gasteiger partial charge in [0.05, 0.1) is 16.8 Å². The lowest BCUT2D eigenvalue weighted by molar-refractivity contribution is -0.137. The minimum absolute atomic E-state index is 0.119. The molecule has 0 aliphatic rings. The van der Waals surface area contributed by atoms with Gasteiger partial charge in [0, 0.05) is 5.02 Å². The Morgan fingerprint density at radius 3 is 2.38 bits per heavy atom. The van der Waals surface area contributed by atoms with Crippen LogP contribution in [0.1, 0.15) is 22.8 Å². The lowest BCUT2D eigenvalue weighted by Crippen LogP contribution is -2.30. The monoisotopic (exact) mass is 421 g/mol. The molecule has 0 heterocycles. The normalized spacial score (nSPS) is 12.4. The summed E-state index contributed by atoms with van der Waals surface area (Å²) < 4.78 is 44.5. The molecule has 1 atom stereocenters. The van der Waals surface area contributed by atoms with Crippen molar-refractivity contribution >= 4 is 39.9 Å². The Kier molecular flexibility index (Phi) is 5.79. The smallest absolute Gasteiger partial charge is 0.418 e. The van der Waals surface area contributed by atoms with Crippen LogP contribution in [-0.2, 0) is 15.7 Å². The number of carbonyl (C=O) groups excluding carboxylic acids is 2. The number of carbonyl (C=O) groups is 2. The predicted molar refractivity (Wildman–Crippen MR) is 104 cm³/mol. The van der Waals surface area contributed by atoms with E-state index >= 15 is 0 Å². The fraction of sp³-hybridized carbons (Fsp3) is 0.143. The number of esters is 1. The van der Waals surface area contributed by atoms with Crippen LogP contribution in [0, 0.1) is 0 Å². The van der Waals surface area contributed by atoms with Crippen LogP contribution in [-0.4, -0.2) is 18.0 Å². The summed E-state index contributed by atoms with van der Waals surface area (Å²) >= 11 is 5.62. The molecule has 0 aromatic heterocycles. The van der Waals surface area contributed by atoms with Crippen LogP contribution in [0.5, 0.6) is 0 Å². The minimum atomic E-state index is -4.71. The van der Waals surface area contributed by atoms with Crippen molar-refractivity contribution < 1.29 is 27.5 Å². The summed E-state index contributed by atoms with van der Waals surface area (Å²) in [6.07, 6.45) is -6.02. The molecule has 150 valence electrons. The van der Waals surface area contributed by atoms with Crippen molar-refractivity contribution in [1.82, 2.24) is 0 Å². The molecule has 0 saturated heterocycles. The van der Waals surface area contributed by atoms with Crippen molar-refractivity contribution in [3.63, 3.8) is 0 Å². The number of anilines is 1. The zero-order valence-corrected chi connectivity index (χ0v) is 15.8. The molecule has 8 heteroatoms. The summed E-state index contributed by atoms with van der Waals surface area (Å²) in [6.45, 7) is 1.28. The van der Waals surface area contributed by atoms with Gasteiger partial charge in [-0.3, -0.25) is 4.79 Å². The molecule has 3 aromatic carbocycles. The number of benzene rings is 3. The standard InChI is InChI=1S/C21H15ClF3NO3/c1-12(19(27)26-18-9-8-16(22)11-17(18)21(23,24)25)29-20(28)15-7-6-13-4-2-3-5-14(13)10-15/h2-12H,1H3,(H,26,27). The molecular weight excluding hydrogens is 407 g/mol. The van der Waals surface area contributed by atoms with Crippen molar-refractivity contribution in [2.75, 3.05) is 5.32 Å². The SMILES string of the molecule is CC(OC(=O)c1ccc2ccccc2c1)C(=O)Nc1ccc(Cl)cc1C(F)(F)F. The molecule has 0 radical (unpaired) electrons. The lowest BCUT2D eigenvalue weighted by Gasteiger charge is -2.17. The molecule has 0 fully saturated rings. The van der Waals surface area contributed by atoms with Crippen LogP contribution in [0.3, 0.4) is 0 Å². The third-order valence-corrected chi connectivity index (χ3v) is 4.42. The number of nitrogens with one attached hydrogen (secondary N) is 1. The second-order valence-corrected chi connectivity index (χ2v) is 6.72. The topological polar surface area (TPSA) is 55.4 Å². The van der Waals surface area contributed by atoms with Crippen molar-refractivity contribution in [1.29, 1.82) is 0 Å². The van der Waals surface area contributed by atoms with E-state index in [9.17, 15) is 22.8 Å². The molecule has 0 aliphatic heterocycles. The highest BCUT2D eigenvalue weighted by Gasteiger charge is 2.34. The Labute approximate surface area is 169 Å². The summed E-state index contributed by atoms with van der Waals surface area (Å²) in [4.78, 5) is 24.6. The van der Waals surface area contributed by atoms with Gasteiger partial charge in [-0.2, -0.15) is 13.2 Å². The predicted octanol–water partition coefficient (Wildman–Crippen LogP) is 5.70. The Balaban J connectivity index is 1.73. The van der Waals surface area contributed by atoms with Gasteiger partial charge in [-0.25, -0.2) is 4.79 Å². The first kappa shape index (κ1) is 20.7. The number of hydrogen-bond acceptors (Lipinski definition) is 3. The zero-order chi connectivity index (χ0) is 21.2. The van der Waals surface area contributed by atoms with Gasteiger partial charge in [-0.15, -0.1) is 0 Å². The maximum absolute atomic E-state index is 13.1. The van der Waals surface area contributed by atoms with E-state index in [1.807, 2.05) is 24.3 Å². The number of alkyl halides is 3. The van der Waals surface area contributed by atoms with Crippen LogP contribution >= 0.6 is 11.6 Å². The van der Waals surface area contributed by atoms with Gasteiger partial charge in [0.15, 0.2) is 6.10 Å². The summed E-state index contributed by atoms with van der Waals surface area (Å²) in [7, 11) is 0. The average molecular weight is 422 g/mol. The Bertz CT molecular complexity index is 1080. The van der Waals surface area contributed by atoms with Crippen LogP contribution in [0.25, 0.3) is 10.8 Å². The van der Waals surface area contributed by atoms with Gasteiger partial charge >= 0.3 is 12.1 Å². The molecule has 4 nitrogen and oxygen atoms in total. The first-order valence-corrected chi connectivity index (χ1v) is 8.90. The van der Waals surface area contributed by atoms with Crippen LogP contribution in [0.2, 0.25) is 5.02 Å². The molecule has 29 heavy (non-hydrogen) atoms. The molecule has 3 aromatic rings. The minimum Gasteiger partial charge on any atom is -0.449 e. The highest BCUT2D eigenvalue weighted by Crippen LogP contribution is 2.36. The fourth-order valence-corrected chi connectivity index (χ4v) is 2.86. The number of rotatable bonds is 4. The summed E-state index contributed by atoms with van der Waals surface area (Å²) in [5.41, 5.74) is -1.34. The van der Waals surface area contributed by atoms with E-state index in [-0.39, 0.29) is 10.6 Å². The van der Waals surface area contributed by atoms with Gasteiger partial charge in [0.1, 0.15) is 0 Å². The fourth-order valence-electron chi connectivity index (χ4n) is 2.69. The van der Waals surface area contributed by atoms with Crippen LogP contribution in [0.15, 0.2) is 60.7 Å². The molecule has 0 saturated carbocycles. The molecule has 0 bridgehead atoms. The average Bonchev–Trinajstić information content (AvgIpc) is 2.68. The molecular formula is C21H15ClF3NO3. The number of fused-ring (bicyclic) bond motifs is 1. The largest absolute Gasteiger partial charge is 0.449 e. The lowest BCUT2D eigenvalue weighted by atomic mass is 10.1. The number of amides is 1. The van der Waals surface area contributed by atoms with E-state index in [1.54, 1.807) is 18.2 Å². The molecule has 0 aliphatic carbocycles. The third kappa shape index (κ3) is 4.86. The van der Waals surface area contributed by atoms with E-state index in [4.69, 9.17) is 16.3 Å². The maximum atomic E-state index is 13.1. The Hall–Kier alpha value is -3.06. The van der Waals surface area contributed by atoms with Crippen molar-refractivity contribution in [2.45, 2.75) is 19.2 Å². The Morgan fingerprint density at radius 2 is 1.69 bits per heavy atom. The van der Waals surface area contributed by atoms with Crippen LogP contribution < -0.4 is 5.32 Å². The first-order valence-electron chi connectivity index (χ1n) is 8.52. The molecule has 3 rings (SSSR count). The second-order valence-electron chi connectivity index (χ2n) is 6.29. The van der Waals surface area contributed by atoms with E-state index < -0.39 is 35.4 Å². The van der Waals surface area contributed by atoms with Crippen molar-refractivity contribution in [2.24, 2.45) is 0 Å². The van der Waals surface area contributed by atoms with E-state index in [0.717, 1.165) is 16.8 Å². The van der Waals surface area contributed by atoms with E-state index in [2.05, 4.69) is 5.32 Å². The Morgan fingerprint density at radius 1 is 1.00 bits per heavy atom. The first-order chi connectivity index (χ1) is 13.6. The second kappa shape index (κ2) is 8.13. The van der Waals surface area contributed by atoms with E-state index in [0.29, 0.717) is 6.07 Å². The van der Waals surface area contributed by atoms with Gasteiger partial charge in [0.2, 0.25) is 0 Å². The summed E-state index contributed by atoms with van der Waals surface area (Å²) in [5.74, 6) is -1.66. The molecule has 0 spiro atoms. The van der Waals surface area contributed by atoms with E-state index in [1.165, 1.54) is 13.0 Å². The number of ether oxygens (including phenoxy) is 1. The highest BCUT2D eigenvalue weighted by molar-refractivity contribution is 6.30. The molecule has 1 amide bonds. The third-order valence-electron chi connectivity index (χ3n) is 4.18. The highest BCUT2D eigenvalue weighted by atomic mass is 35.5. The molecule has 1 unspecified atom stereocenters. The van der Waals surface area contributed by atoms with Crippen molar-refractivity contribution in [3.05, 3.63) is 76.8 Å². The van der Waals surface area contributed by atoms with Crippen LogP contribution in [0.4, 0.5) is 18.9 Å². The van der Waals surface area contributed by atoms with Gasteiger partial charge in [-0.05, 0) is 48.0 Å². The summed E-state index contributed by atoms with van der Waals surface area (Å²) in [6, 6.07) is 15.3. The molecule has 1 N–H and O–H groups in total. The maximum Gasteiger partial charge on any atom is 0.418 e. The number of halogens is 4. The zero-order valence-electron chi connectivity index (χ0n) is 15.1. The van der Waals surface area contributed by atoms with Crippen molar-refractivity contribution in [3.8, 4) is 0 Å². The quantitative estimate of drug-likeness (QED) is 0.550. The van der Waals surface area contributed by atoms with Gasteiger partial charge in [-0.1, -0.05) is 41.9 Å². The van der Waals surface area contributed by atoms with Gasteiger partial charge < -0.3 is 10.1 Å².